The molecule has 4 aromatic rings. The van der Waals surface area contributed by atoms with Crippen molar-refractivity contribution in [3.63, 3.8) is 0 Å². The van der Waals surface area contributed by atoms with E-state index in [9.17, 15) is 12.8 Å². The zero-order valence-corrected chi connectivity index (χ0v) is 19.7. The molecule has 0 saturated carbocycles. The number of imidazole rings is 1. The molecule has 1 aliphatic heterocycles. The van der Waals surface area contributed by atoms with Gasteiger partial charge < -0.3 is 0 Å². The van der Waals surface area contributed by atoms with E-state index in [1.807, 2.05) is 41.8 Å². The number of benzene rings is 2. The van der Waals surface area contributed by atoms with Gasteiger partial charge in [-0.3, -0.25) is 9.47 Å². The van der Waals surface area contributed by atoms with Crippen LogP contribution in [0.25, 0.3) is 16.9 Å². The first-order chi connectivity index (χ1) is 16.5. The second-order valence-corrected chi connectivity index (χ2v) is 10.3. The normalized spacial score (nSPS) is 15.7. The number of sulfonamides is 1. The van der Waals surface area contributed by atoms with Gasteiger partial charge in [0.1, 0.15) is 17.2 Å². The number of halogens is 1. The van der Waals surface area contributed by atoms with Gasteiger partial charge in [-0.2, -0.15) is 4.31 Å². The van der Waals surface area contributed by atoms with E-state index in [1.54, 1.807) is 28.7 Å². The van der Waals surface area contributed by atoms with Gasteiger partial charge in [0.2, 0.25) is 10.0 Å². The Bertz CT molecular complexity index is 1410. The molecule has 0 aliphatic carbocycles. The van der Waals surface area contributed by atoms with E-state index in [1.165, 1.54) is 12.1 Å². The Morgan fingerprint density at radius 2 is 1.74 bits per heavy atom. The molecule has 5 rings (SSSR count). The maximum absolute atomic E-state index is 14.0. The molecule has 34 heavy (non-hydrogen) atoms. The van der Waals surface area contributed by atoms with Gasteiger partial charge >= 0.3 is 0 Å². The van der Waals surface area contributed by atoms with Crippen molar-refractivity contribution in [3.05, 3.63) is 84.1 Å². The Kier molecular flexibility index (Phi) is 6.16. The molecule has 0 unspecified atom stereocenters. The number of pyridine rings is 1. The van der Waals surface area contributed by atoms with Gasteiger partial charge in [-0.1, -0.05) is 25.1 Å². The zero-order chi connectivity index (χ0) is 23.7. The maximum Gasteiger partial charge on any atom is 0.243 e. The van der Waals surface area contributed by atoms with E-state index < -0.39 is 10.0 Å². The molecule has 2 aromatic carbocycles. The molecular weight excluding hydrogens is 453 g/mol. The summed E-state index contributed by atoms with van der Waals surface area (Å²) in [5.74, 6) is 0.415. The minimum absolute atomic E-state index is 0.327. The van der Waals surface area contributed by atoms with Gasteiger partial charge in [-0.25, -0.2) is 22.8 Å². The number of hydrogen-bond acceptors (Lipinski definition) is 5. The largest absolute Gasteiger partial charge is 0.293 e. The minimum Gasteiger partial charge on any atom is -0.293 e. The molecular formula is C25H26FN5O2S. The first-order valence-corrected chi connectivity index (χ1v) is 12.8. The molecule has 0 radical (unpaired) electrons. The van der Waals surface area contributed by atoms with Gasteiger partial charge in [0, 0.05) is 32.4 Å². The van der Waals surface area contributed by atoms with E-state index in [0.29, 0.717) is 49.0 Å². The third-order valence-electron chi connectivity index (χ3n) is 6.22. The summed E-state index contributed by atoms with van der Waals surface area (Å²) in [5, 5.41) is 0. The van der Waals surface area contributed by atoms with Crippen LogP contribution in [-0.2, 0) is 23.0 Å². The fourth-order valence-electron chi connectivity index (χ4n) is 4.33. The lowest BCUT2D eigenvalue weighted by atomic mass is 10.2. The fourth-order valence-corrected chi connectivity index (χ4v) is 5.75. The number of aryl methyl sites for hydroxylation is 1. The van der Waals surface area contributed by atoms with Crippen LogP contribution in [0, 0.1) is 5.82 Å². The Labute approximate surface area is 198 Å². The fraction of sp³-hybridized carbons (Fsp3) is 0.280. The third-order valence-corrected chi connectivity index (χ3v) is 8.13. The molecule has 1 fully saturated rings. The first kappa shape index (κ1) is 22.6. The molecule has 9 heteroatoms. The van der Waals surface area contributed by atoms with Gasteiger partial charge in [0.25, 0.3) is 0 Å². The van der Waals surface area contributed by atoms with Crippen molar-refractivity contribution in [2.75, 3.05) is 26.2 Å². The lowest BCUT2D eigenvalue weighted by molar-refractivity contribution is 0.177. The van der Waals surface area contributed by atoms with E-state index in [-0.39, 0.29) is 5.82 Å². The molecule has 2 aromatic heterocycles. The Morgan fingerprint density at radius 1 is 0.971 bits per heavy atom. The Balaban J connectivity index is 1.35. The molecule has 0 N–H and O–H groups in total. The highest BCUT2D eigenvalue weighted by molar-refractivity contribution is 7.89. The summed E-state index contributed by atoms with van der Waals surface area (Å²) in [6.45, 7) is 4.50. The first-order valence-electron chi connectivity index (χ1n) is 11.4. The summed E-state index contributed by atoms with van der Waals surface area (Å²) < 4.78 is 43.5. The van der Waals surface area contributed by atoms with Gasteiger partial charge in [0.15, 0.2) is 5.65 Å². The second-order valence-electron chi connectivity index (χ2n) is 8.37. The van der Waals surface area contributed by atoms with Crippen LogP contribution in [0.15, 0.2) is 71.8 Å². The van der Waals surface area contributed by atoms with Gasteiger partial charge in [0.05, 0.1) is 17.1 Å². The van der Waals surface area contributed by atoms with Crippen molar-refractivity contribution >= 4 is 21.2 Å². The predicted octanol–water partition coefficient (Wildman–Crippen LogP) is 3.63. The number of aromatic nitrogens is 3. The zero-order valence-electron chi connectivity index (χ0n) is 18.9. The van der Waals surface area contributed by atoms with Crippen LogP contribution in [-0.4, -0.2) is 58.3 Å². The van der Waals surface area contributed by atoms with Gasteiger partial charge in [-0.05, 0) is 54.4 Å². The third kappa shape index (κ3) is 4.34. The van der Waals surface area contributed by atoms with E-state index >= 15 is 0 Å². The van der Waals surface area contributed by atoms with Crippen LogP contribution in [0.1, 0.15) is 18.3 Å². The number of rotatable bonds is 6. The highest BCUT2D eigenvalue weighted by Gasteiger charge is 2.29. The number of nitrogens with zero attached hydrogens (tertiary/aromatic N) is 5. The van der Waals surface area contributed by atoms with Crippen LogP contribution in [0.2, 0.25) is 0 Å². The van der Waals surface area contributed by atoms with Crippen LogP contribution in [0.4, 0.5) is 4.39 Å². The summed E-state index contributed by atoms with van der Waals surface area (Å²) in [6.07, 6.45) is 2.56. The topological polar surface area (TPSA) is 71.3 Å². The quantitative estimate of drug-likeness (QED) is 0.422. The van der Waals surface area contributed by atoms with Crippen molar-refractivity contribution in [2.45, 2.75) is 24.8 Å². The van der Waals surface area contributed by atoms with E-state index in [4.69, 9.17) is 4.98 Å². The maximum atomic E-state index is 14.0. The Morgan fingerprint density at radius 3 is 2.44 bits per heavy atom. The van der Waals surface area contributed by atoms with Crippen molar-refractivity contribution in [2.24, 2.45) is 0 Å². The number of hydrogen-bond donors (Lipinski definition) is 0. The smallest absolute Gasteiger partial charge is 0.243 e. The molecule has 1 saturated heterocycles. The monoisotopic (exact) mass is 479 g/mol. The summed E-state index contributed by atoms with van der Waals surface area (Å²) in [4.78, 5) is 11.7. The molecule has 0 atom stereocenters. The highest BCUT2D eigenvalue weighted by Crippen LogP contribution is 2.23. The number of fused-ring (bicyclic) bond motifs is 1. The lowest BCUT2D eigenvalue weighted by Gasteiger charge is -2.33. The minimum atomic E-state index is -3.53. The van der Waals surface area contributed by atoms with E-state index in [0.717, 1.165) is 23.3 Å². The molecule has 0 bridgehead atoms. The summed E-state index contributed by atoms with van der Waals surface area (Å²) in [7, 11) is -3.53. The molecule has 0 spiro atoms. The lowest BCUT2D eigenvalue weighted by Crippen LogP contribution is -2.48. The van der Waals surface area contributed by atoms with Crippen LogP contribution >= 0.6 is 0 Å². The SMILES string of the molecule is CCc1ccc(S(=O)(=O)N2CCN(Cc3nc4cccnc4n3-c3cccc(F)c3)CC2)cc1. The predicted molar refractivity (Wildman–Crippen MR) is 129 cm³/mol. The molecule has 3 heterocycles. The number of piperazine rings is 1. The highest BCUT2D eigenvalue weighted by atomic mass is 32.2. The Hall–Kier alpha value is -3.14. The molecule has 176 valence electrons. The van der Waals surface area contributed by atoms with Crippen molar-refractivity contribution < 1.29 is 12.8 Å². The van der Waals surface area contributed by atoms with Crippen molar-refractivity contribution in [3.8, 4) is 5.69 Å². The summed E-state index contributed by atoms with van der Waals surface area (Å²) >= 11 is 0. The summed E-state index contributed by atoms with van der Waals surface area (Å²) in [6, 6.07) is 17.2. The molecule has 7 nitrogen and oxygen atoms in total. The summed E-state index contributed by atoms with van der Waals surface area (Å²) in [5.41, 5.74) is 3.17. The van der Waals surface area contributed by atoms with Gasteiger partial charge in [-0.15, -0.1) is 0 Å². The average Bonchev–Trinajstić information content (AvgIpc) is 3.22. The molecule has 0 amide bonds. The van der Waals surface area contributed by atoms with Crippen LogP contribution in [0.3, 0.4) is 0 Å². The van der Waals surface area contributed by atoms with Crippen LogP contribution < -0.4 is 0 Å². The molecule has 1 aliphatic rings. The van der Waals surface area contributed by atoms with Crippen LogP contribution in [0.5, 0.6) is 0 Å². The van der Waals surface area contributed by atoms with Crippen molar-refractivity contribution in [1.29, 1.82) is 0 Å². The second kappa shape index (κ2) is 9.25. The standard InChI is InChI=1S/C25H26FN5O2S/c1-2-19-8-10-22(11-9-19)34(32,33)30-15-13-29(14-16-30)18-24-28-23-7-4-12-27-25(23)31(24)21-6-3-5-20(26)17-21/h3-12,17H,2,13-16,18H2,1H3. The van der Waals surface area contributed by atoms with Crippen molar-refractivity contribution in [1.82, 2.24) is 23.7 Å². The van der Waals surface area contributed by atoms with E-state index in [2.05, 4.69) is 9.88 Å². The average molecular weight is 480 g/mol.